The van der Waals surface area contributed by atoms with E-state index in [1.54, 1.807) is 11.3 Å². The molecule has 18 heavy (non-hydrogen) atoms. The highest BCUT2D eigenvalue weighted by Crippen LogP contribution is 2.42. The first-order chi connectivity index (χ1) is 8.86. The van der Waals surface area contributed by atoms with Crippen LogP contribution in [-0.2, 0) is 0 Å². The first-order valence-corrected chi connectivity index (χ1v) is 7.41. The minimum atomic E-state index is 1.19. The molecule has 0 spiro atoms. The van der Waals surface area contributed by atoms with Crippen molar-refractivity contribution in [2.75, 3.05) is 0 Å². The van der Waals surface area contributed by atoms with E-state index in [9.17, 15) is 0 Å². The summed E-state index contributed by atoms with van der Waals surface area (Å²) in [5.74, 6) is 0. The van der Waals surface area contributed by atoms with Crippen molar-refractivity contribution in [2.45, 2.75) is 0 Å². The van der Waals surface area contributed by atoms with E-state index in [-0.39, 0.29) is 0 Å². The number of hydrogen-bond acceptors (Lipinski definition) is 1. The highest BCUT2D eigenvalue weighted by Gasteiger charge is 2.12. The molecule has 88 valence electrons. The highest BCUT2D eigenvalue weighted by molar-refractivity contribution is 9.11. The van der Waals surface area contributed by atoms with Crippen LogP contribution in [0, 0.1) is 0 Å². The molecule has 0 atom stereocenters. The zero-order chi connectivity index (χ0) is 12.4. The summed E-state index contributed by atoms with van der Waals surface area (Å²) >= 11 is 5.41. The van der Waals surface area contributed by atoms with Crippen molar-refractivity contribution in [3.05, 3.63) is 69.8 Å². The van der Waals surface area contributed by atoms with Gasteiger partial charge < -0.3 is 0 Å². The zero-order valence-electron chi connectivity index (χ0n) is 9.64. The van der Waals surface area contributed by atoms with Crippen LogP contribution in [0.5, 0.6) is 0 Å². The summed E-state index contributed by atoms with van der Waals surface area (Å²) in [6, 6.07) is 21.0. The molecule has 0 N–H and O–H groups in total. The third kappa shape index (κ3) is 2.14. The Morgan fingerprint density at radius 1 is 0.722 bits per heavy atom. The molecule has 3 rings (SSSR count). The van der Waals surface area contributed by atoms with Crippen molar-refractivity contribution in [1.29, 1.82) is 0 Å². The van der Waals surface area contributed by atoms with Gasteiger partial charge in [0.05, 0.1) is 3.79 Å². The maximum absolute atomic E-state index is 3.67. The van der Waals surface area contributed by atoms with Crippen molar-refractivity contribution in [3.8, 4) is 22.3 Å². The molecule has 0 aliphatic heterocycles. The summed E-state index contributed by atoms with van der Waals surface area (Å²) in [6.07, 6.45) is 0. The van der Waals surface area contributed by atoms with Crippen LogP contribution in [0.15, 0.2) is 69.8 Å². The molecule has 0 saturated carbocycles. The van der Waals surface area contributed by atoms with Gasteiger partial charge in [-0.2, -0.15) is 0 Å². The molecule has 2 heteroatoms. The maximum Gasteiger partial charge on any atom is 0.0783 e. The predicted octanol–water partition coefficient (Wildman–Crippen LogP) is 5.84. The van der Waals surface area contributed by atoms with E-state index in [2.05, 4.69) is 69.8 Å². The molecule has 0 bridgehead atoms. The number of rotatable bonds is 2. The first kappa shape index (κ1) is 11.7. The first-order valence-electron chi connectivity index (χ1n) is 5.74. The number of thiophene rings is 1. The summed E-state index contributed by atoms with van der Waals surface area (Å²) in [4.78, 5) is 0. The summed E-state index contributed by atoms with van der Waals surface area (Å²) < 4.78 is 1.19. The fourth-order valence-corrected chi connectivity index (χ4v) is 3.58. The van der Waals surface area contributed by atoms with Crippen molar-refractivity contribution in [1.82, 2.24) is 0 Å². The van der Waals surface area contributed by atoms with Crippen LogP contribution in [0.25, 0.3) is 22.3 Å². The van der Waals surface area contributed by atoms with Gasteiger partial charge in [0.25, 0.3) is 0 Å². The molecular weight excluding hydrogens is 304 g/mol. The van der Waals surface area contributed by atoms with Gasteiger partial charge in [-0.3, -0.25) is 0 Å². The van der Waals surface area contributed by atoms with Crippen LogP contribution in [0.4, 0.5) is 0 Å². The van der Waals surface area contributed by atoms with Gasteiger partial charge in [0.2, 0.25) is 0 Å². The predicted molar refractivity (Wildman–Crippen MR) is 82.9 cm³/mol. The molecule has 0 nitrogen and oxygen atoms in total. The number of hydrogen-bond donors (Lipinski definition) is 0. The Kier molecular flexibility index (Phi) is 3.31. The minimum Gasteiger partial charge on any atom is -0.135 e. The average molecular weight is 315 g/mol. The summed E-state index contributed by atoms with van der Waals surface area (Å²) in [7, 11) is 0. The summed E-state index contributed by atoms with van der Waals surface area (Å²) in [6.45, 7) is 0. The SMILES string of the molecule is Brc1scc(-c2ccccc2)c1-c1ccccc1. The molecule has 0 fully saturated rings. The molecule has 1 aromatic heterocycles. The van der Waals surface area contributed by atoms with Gasteiger partial charge in [0.1, 0.15) is 0 Å². The second-order valence-corrected chi connectivity index (χ2v) is 6.23. The van der Waals surface area contributed by atoms with E-state index in [1.807, 2.05) is 12.1 Å². The fourth-order valence-electron chi connectivity index (χ4n) is 2.04. The molecule has 3 aromatic rings. The Balaban J connectivity index is 2.19. The second-order valence-electron chi connectivity index (χ2n) is 4.03. The normalized spacial score (nSPS) is 10.5. The Bertz CT molecular complexity index is 641. The van der Waals surface area contributed by atoms with Crippen LogP contribution < -0.4 is 0 Å². The summed E-state index contributed by atoms with van der Waals surface area (Å²) in [5, 5.41) is 2.21. The Morgan fingerprint density at radius 2 is 1.28 bits per heavy atom. The van der Waals surface area contributed by atoms with Gasteiger partial charge in [0, 0.05) is 16.5 Å². The van der Waals surface area contributed by atoms with E-state index < -0.39 is 0 Å². The third-order valence-corrected chi connectivity index (χ3v) is 4.62. The molecule has 0 aliphatic rings. The molecule has 0 aliphatic carbocycles. The van der Waals surface area contributed by atoms with Gasteiger partial charge in [0.15, 0.2) is 0 Å². The molecule has 0 radical (unpaired) electrons. The van der Waals surface area contributed by atoms with Gasteiger partial charge in [-0.05, 0) is 27.1 Å². The van der Waals surface area contributed by atoms with Gasteiger partial charge in [-0.25, -0.2) is 0 Å². The molecule has 0 unspecified atom stereocenters. The zero-order valence-corrected chi connectivity index (χ0v) is 12.0. The third-order valence-electron chi connectivity index (χ3n) is 2.89. The molecule has 0 saturated heterocycles. The van der Waals surface area contributed by atoms with Crippen molar-refractivity contribution in [3.63, 3.8) is 0 Å². The smallest absolute Gasteiger partial charge is 0.0783 e. The van der Waals surface area contributed by atoms with E-state index in [4.69, 9.17) is 0 Å². The van der Waals surface area contributed by atoms with E-state index in [0.29, 0.717) is 0 Å². The summed E-state index contributed by atoms with van der Waals surface area (Å²) in [5.41, 5.74) is 5.09. The quantitative estimate of drug-likeness (QED) is 0.557. The average Bonchev–Trinajstić information content (AvgIpc) is 2.83. The highest BCUT2D eigenvalue weighted by atomic mass is 79.9. The molecule has 0 amide bonds. The lowest BCUT2D eigenvalue weighted by molar-refractivity contribution is 1.63. The van der Waals surface area contributed by atoms with Crippen LogP contribution >= 0.6 is 27.3 Å². The number of benzene rings is 2. The van der Waals surface area contributed by atoms with Gasteiger partial charge in [-0.15, -0.1) is 11.3 Å². The fraction of sp³-hybridized carbons (Fsp3) is 0. The van der Waals surface area contributed by atoms with E-state index in [0.717, 1.165) is 0 Å². The van der Waals surface area contributed by atoms with Crippen LogP contribution in [0.3, 0.4) is 0 Å². The van der Waals surface area contributed by atoms with Crippen molar-refractivity contribution < 1.29 is 0 Å². The standard InChI is InChI=1S/C16H11BrS/c17-16-15(13-9-5-2-6-10-13)14(11-18-16)12-7-3-1-4-8-12/h1-11H. The van der Waals surface area contributed by atoms with Crippen LogP contribution in [0.1, 0.15) is 0 Å². The number of halogens is 1. The molecule has 2 aromatic carbocycles. The lowest BCUT2D eigenvalue weighted by atomic mass is 9.99. The lowest BCUT2D eigenvalue weighted by Crippen LogP contribution is -1.80. The lowest BCUT2D eigenvalue weighted by Gasteiger charge is -2.05. The Morgan fingerprint density at radius 3 is 1.89 bits per heavy atom. The maximum atomic E-state index is 3.67. The Labute approximate surface area is 119 Å². The Hall–Kier alpha value is -1.38. The minimum absolute atomic E-state index is 1.19. The van der Waals surface area contributed by atoms with Crippen LogP contribution in [0.2, 0.25) is 0 Å². The second kappa shape index (κ2) is 5.09. The van der Waals surface area contributed by atoms with Crippen molar-refractivity contribution >= 4 is 27.3 Å². The van der Waals surface area contributed by atoms with Gasteiger partial charge >= 0.3 is 0 Å². The molecular formula is C16H11BrS. The molecule has 1 heterocycles. The van der Waals surface area contributed by atoms with Gasteiger partial charge in [-0.1, -0.05) is 60.7 Å². The van der Waals surface area contributed by atoms with Crippen molar-refractivity contribution in [2.24, 2.45) is 0 Å². The van der Waals surface area contributed by atoms with E-state index in [1.165, 1.54) is 26.0 Å². The monoisotopic (exact) mass is 314 g/mol. The van der Waals surface area contributed by atoms with E-state index >= 15 is 0 Å². The largest absolute Gasteiger partial charge is 0.135 e. The topological polar surface area (TPSA) is 0 Å². The van der Waals surface area contributed by atoms with Crippen LogP contribution in [-0.4, -0.2) is 0 Å².